The van der Waals surface area contributed by atoms with Crippen LogP contribution in [0.5, 0.6) is 0 Å². The number of hydrogen-bond donors (Lipinski definition) is 5. The molecule has 2 unspecified atom stereocenters. The van der Waals surface area contributed by atoms with Gasteiger partial charge in [0.05, 0.1) is 18.6 Å². The molecule has 0 aliphatic carbocycles. The molecule has 11 heteroatoms. The Labute approximate surface area is 181 Å². The van der Waals surface area contributed by atoms with Crippen LogP contribution in [0.3, 0.4) is 0 Å². The molecule has 0 fully saturated rings. The van der Waals surface area contributed by atoms with Crippen molar-refractivity contribution in [3.8, 4) is 0 Å². The number of nitrogens with two attached hydrogens (primary N) is 5. The minimum Gasteiger partial charge on any atom is -0.370 e. The number of ketones is 1. The summed E-state index contributed by atoms with van der Waals surface area (Å²) in [6, 6.07) is 3.60. The summed E-state index contributed by atoms with van der Waals surface area (Å²) in [6.45, 7) is 1.35. The molecule has 0 radical (unpaired) electrons. The molecule has 3 atom stereocenters. The highest BCUT2D eigenvalue weighted by molar-refractivity contribution is 6.07. The van der Waals surface area contributed by atoms with E-state index >= 15 is 0 Å². The van der Waals surface area contributed by atoms with Crippen LogP contribution in [0.25, 0.3) is 0 Å². The highest BCUT2D eigenvalue weighted by atomic mass is 16.2. The van der Waals surface area contributed by atoms with Crippen LogP contribution in [0.1, 0.15) is 42.1 Å². The number of nitrogens with zero attached hydrogens (tertiary/aromatic N) is 2. The van der Waals surface area contributed by atoms with Gasteiger partial charge in [0.25, 0.3) is 5.91 Å². The SMILES string of the molecule is CCC(N)C(=O)C(CC[C@H](N)C(=O)N(CC=O)C(=O)c1ccccc1CN)N=C(N)N. The number of Topliss-reactive ketones (excluding diaryl/α,β-unsaturated/α-hetero) is 1. The Morgan fingerprint density at radius 3 is 2.29 bits per heavy atom. The van der Waals surface area contributed by atoms with Crippen molar-refractivity contribution in [3.63, 3.8) is 0 Å². The van der Waals surface area contributed by atoms with Crippen LogP contribution in [0, 0.1) is 0 Å². The van der Waals surface area contributed by atoms with E-state index in [-0.39, 0.29) is 36.7 Å². The van der Waals surface area contributed by atoms with E-state index in [0.29, 0.717) is 18.3 Å². The largest absolute Gasteiger partial charge is 0.370 e. The number of hydrogen-bond acceptors (Lipinski definition) is 8. The van der Waals surface area contributed by atoms with Crippen molar-refractivity contribution in [2.45, 2.75) is 50.9 Å². The van der Waals surface area contributed by atoms with E-state index in [4.69, 9.17) is 28.7 Å². The number of guanidine groups is 1. The standard InChI is InChI=1S/C20H31N7O4/c1-2-14(22)17(29)16(26-20(24)25)8-7-15(23)19(31)27(9-10-28)18(30)13-6-4-3-5-12(13)11-21/h3-6,10,14-16H,2,7-9,11,21-23H2,1H3,(H4,24,25,26)/t14?,15-,16?/m0/s1. The Balaban J connectivity index is 3.00. The summed E-state index contributed by atoms with van der Waals surface area (Å²) in [4.78, 5) is 53.9. The summed E-state index contributed by atoms with van der Waals surface area (Å²) in [7, 11) is 0. The molecular formula is C20H31N7O4. The van der Waals surface area contributed by atoms with Crippen LogP contribution < -0.4 is 28.7 Å². The van der Waals surface area contributed by atoms with Crippen molar-refractivity contribution in [1.29, 1.82) is 0 Å². The van der Waals surface area contributed by atoms with E-state index in [0.717, 1.165) is 4.90 Å². The smallest absolute Gasteiger partial charge is 0.261 e. The summed E-state index contributed by atoms with van der Waals surface area (Å²) >= 11 is 0. The molecule has 0 aliphatic heterocycles. The van der Waals surface area contributed by atoms with Crippen molar-refractivity contribution < 1.29 is 19.2 Å². The predicted molar refractivity (Wildman–Crippen MR) is 117 cm³/mol. The molecule has 11 nitrogen and oxygen atoms in total. The molecule has 0 saturated heterocycles. The number of benzene rings is 1. The van der Waals surface area contributed by atoms with Gasteiger partial charge in [0.15, 0.2) is 11.7 Å². The summed E-state index contributed by atoms with van der Waals surface area (Å²) in [5.41, 5.74) is 28.9. The van der Waals surface area contributed by atoms with Gasteiger partial charge in [0.1, 0.15) is 12.3 Å². The Morgan fingerprint density at radius 2 is 1.74 bits per heavy atom. The first kappa shape index (κ1) is 25.9. The highest BCUT2D eigenvalue weighted by Gasteiger charge is 2.30. The molecule has 0 saturated carbocycles. The van der Waals surface area contributed by atoms with Gasteiger partial charge in [-0.25, -0.2) is 4.99 Å². The van der Waals surface area contributed by atoms with Crippen LogP contribution in [0.2, 0.25) is 0 Å². The van der Waals surface area contributed by atoms with E-state index in [1.165, 1.54) is 6.07 Å². The fraction of sp³-hybridized carbons (Fsp3) is 0.450. The summed E-state index contributed by atoms with van der Waals surface area (Å²) < 4.78 is 0. The summed E-state index contributed by atoms with van der Waals surface area (Å²) in [6.07, 6.45) is 0.853. The van der Waals surface area contributed by atoms with Crippen LogP contribution in [-0.4, -0.2) is 59.4 Å². The van der Waals surface area contributed by atoms with Crippen molar-refractivity contribution in [1.82, 2.24) is 4.90 Å². The molecule has 2 amide bonds. The van der Waals surface area contributed by atoms with E-state index in [9.17, 15) is 19.2 Å². The van der Waals surface area contributed by atoms with Crippen LogP contribution in [-0.2, 0) is 20.9 Å². The maximum atomic E-state index is 12.9. The van der Waals surface area contributed by atoms with Gasteiger partial charge < -0.3 is 33.5 Å². The van der Waals surface area contributed by atoms with Crippen LogP contribution in [0.15, 0.2) is 29.3 Å². The minimum absolute atomic E-state index is 0.0103. The Hall–Kier alpha value is -3.15. The monoisotopic (exact) mass is 433 g/mol. The first-order valence-electron chi connectivity index (χ1n) is 9.88. The molecule has 0 aliphatic rings. The van der Waals surface area contributed by atoms with E-state index in [1.54, 1.807) is 25.1 Å². The molecular weight excluding hydrogens is 402 g/mol. The highest BCUT2D eigenvalue weighted by Crippen LogP contribution is 2.14. The summed E-state index contributed by atoms with van der Waals surface area (Å²) in [5.74, 6) is -2.12. The first-order valence-corrected chi connectivity index (χ1v) is 9.88. The number of amides is 2. The number of aldehydes is 1. The van der Waals surface area contributed by atoms with Gasteiger partial charge in [-0.15, -0.1) is 0 Å². The molecule has 0 bridgehead atoms. The first-order chi connectivity index (χ1) is 14.7. The van der Waals surface area contributed by atoms with Crippen LogP contribution >= 0.6 is 0 Å². The van der Waals surface area contributed by atoms with Gasteiger partial charge in [0.2, 0.25) is 5.91 Å². The second-order valence-corrected chi connectivity index (χ2v) is 6.95. The lowest BCUT2D eigenvalue weighted by molar-refractivity contribution is -0.132. The number of carbonyl (C=O) groups excluding carboxylic acids is 4. The fourth-order valence-corrected chi connectivity index (χ4v) is 2.96. The topological polar surface area (TPSA) is 214 Å². The molecule has 1 aromatic carbocycles. The van der Waals surface area contributed by atoms with E-state index < -0.39 is 36.5 Å². The maximum Gasteiger partial charge on any atom is 0.261 e. The lowest BCUT2D eigenvalue weighted by Crippen LogP contribution is -2.48. The van der Waals surface area contributed by atoms with Gasteiger partial charge in [0, 0.05) is 12.1 Å². The molecule has 1 rings (SSSR count). The average Bonchev–Trinajstić information content (AvgIpc) is 2.77. The van der Waals surface area contributed by atoms with Crippen LogP contribution in [0.4, 0.5) is 0 Å². The predicted octanol–water partition coefficient (Wildman–Crippen LogP) is -1.63. The Bertz CT molecular complexity index is 824. The van der Waals surface area contributed by atoms with Crippen molar-refractivity contribution in [2.24, 2.45) is 33.7 Å². The van der Waals surface area contributed by atoms with Gasteiger partial charge in [-0.2, -0.15) is 0 Å². The molecule has 0 spiro atoms. The van der Waals surface area contributed by atoms with Gasteiger partial charge in [-0.1, -0.05) is 25.1 Å². The van der Waals surface area contributed by atoms with Gasteiger partial charge in [-0.05, 0) is 30.9 Å². The third-order valence-corrected chi connectivity index (χ3v) is 4.74. The Morgan fingerprint density at radius 1 is 1.10 bits per heavy atom. The maximum absolute atomic E-state index is 12.9. The number of aliphatic imine (C=N–C) groups is 1. The molecule has 0 aromatic heterocycles. The molecule has 170 valence electrons. The molecule has 1 aromatic rings. The lowest BCUT2D eigenvalue weighted by Gasteiger charge is -2.24. The van der Waals surface area contributed by atoms with Gasteiger partial charge >= 0.3 is 0 Å². The summed E-state index contributed by atoms with van der Waals surface area (Å²) in [5, 5.41) is 0. The van der Waals surface area contributed by atoms with E-state index in [2.05, 4.69) is 4.99 Å². The normalized spacial score (nSPS) is 13.5. The van der Waals surface area contributed by atoms with Crippen molar-refractivity contribution in [3.05, 3.63) is 35.4 Å². The lowest BCUT2D eigenvalue weighted by atomic mass is 9.97. The third kappa shape index (κ3) is 7.24. The number of imide groups is 1. The zero-order chi connectivity index (χ0) is 23.6. The molecule has 31 heavy (non-hydrogen) atoms. The number of rotatable bonds is 12. The van der Waals surface area contributed by atoms with E-state index in [1.807, 2.05) is 0 Å². The average molecular weight is 434 g/mol. The molecule has 10 N–H and O–H groups in total. The Kier molecular flexibility index (Phi) is 10.5. The zero-order valence-corrected chi connectivity index (χ0v) is 17.6. The minimum atomic E-state index is -1.17. The van der Waals surface area contributed by atoms with Crippen molar-refractivity contribution >= 4 is 29.8 Å². The quantitative estimate of drug-likeness (QED) is 0.145. The number of carbonyl (C=O) groups is 4. The third-order valence-electron chi connectivity index (χ3n) is 4.74. The van der Waals surface area contributed by atoms with Gasteiger partial charge in [-0.3, -0.25) is 19.3 Å². The second-order valence-electron chi connectivity index (χ2n) is 6.95. The zero-order valence-electron chi connectivity index (χ0n) is 17.6. The second kappa shape index (κ2) is 12.5. The fourth-order valence-electron chi connectivity index (χ4n) is 2.96. The molecule has 0 heterocycles. The van der Waals surface area contributed by atoms with Crippen molar-refractivity contribution in [2.75, 3.05) is 6.54 Å².